The molecule has 0 radical (unpaired) electrons. The molecular formula is C18H17ClO. The summed E-state index contributed by atoms with van der Waals surface area (Å²) in [5, 5.41) is 0.699. The molecule has 0 spiro atoms. The summed E-state index contributed by atoms with van der Waals surface area (Å²) >= 11 is 6.01. The number of halogens is 1. The van der Waals surface area contributed by atoms with E-state index in [0.29, 0.717) is 16.5 Å². The lowest BCUT2D eigenvalue weighted by Gasteiger charge is -2.26. The molecule has 2 heteroatoms. The minimum Gasteiger partial charge on any atom is -0.289 e. The Balaban J connectivity index is 1.91. The van der Waals surface area contributed by atoms with Gasteiger partial charge in [0.05, 0.1) is 0 Å². The second-order valence-corrected chi connectivity index (χ2v) is 5.95. The van der Waals surface area contributed by atoms with E-state index in [0.717, 1.165) is 11.1 Å². The number of hydrogen-bond acceptors (Lipinski definition) is 1. The van der Waals surface area contributed by atoms with Gasteiger partial charge in [0.2, 0.25) is 0 Å². The molecule has 0 aliphatic heterocycles. The Kier molecular flexibility index (Phi) is 3.62. The van der Waals surface area contributed by atoms with Crippen molar-refractivity contribution in [2.24, 2.45) is 0 Å². The van der Waals surface area contributed by atoms with Crippen molar-refractivity contribution >= 4 is 17.4 Å². The van der Waals surface area contributed by atoms with E-state index in [4.69, 9.17) is 11.6 Å². The highest BCUT2D eigenvalue weighted by Crippen LogP contribution is 2.36. The minimum absolute atomic E-state index is 0.0749. The fraction of sp³-hybridized carbons (Fsp3) is 0.278. The van der Waals surface area contributed by atoms with Gasteiger partial charge in [-0.15, -0.1) is 0 Å². The van der Waals surface area contributed by atoms with Crippen molar-refractivity contribution in [3.05, 3.63) is 69.7 Å². The Labute approximate surface area is 124 Å². The van der Waals surface area contributed by atoms with Crippen LogP contribution in [0.15, 0.2) is 42.5 Å². The first-order valence-corrected chi connectivity index (χ1v) is 7.44. The van der Waals surface area contributed by atoms with Gasteiger partial charge in [-0.2, -0.15) is 0 Å². The van der Waals surface area contributed by atoms with E-state index < -0.39 is 0 Å². The zero-order valence-corrected chi connectivity index (χ0v) is 12.3. The molecule has 1 aliphatic rings. The molecule has 0 aromatic heterocycles. The van der Waals surface area contributed by atoms with Crippen LogP contribution in [0.1, 0.15) is 52.2 Å². The summed E-state index contributed by atoms with van der Waals surface area (Å²) < 4.78 is 0. The number of ketones is 1. The van der Waals surface area contributed by atoms with E-state index in [2.05, 4.69) is 12.1 Å². The molecule has 3 rings (SSSR count). The van der Waals surface area contributed by atoms with Crippen LogP contribution in [0, 0.1) is 6.92 Å². The predicted octanol–water partition coefficient (Wildman–Crippen LogP) is 5.15. The van der Waals surface area contributed by atoms with Crippen LogP contribution in [0.2, 0.25) is 5.02 Å². The van der Waals surface area contributed by atoms with Crippen LogP contribution < -0.4 is 0 Å². The third kappa shape index (κ3) is 2.51. The molecule has 2 aromatic carbocycles. The molecule has 0 bridgehead atoms. The Morgan fingerprint density at radius 3 is 2.50 bits per heavy atom. The second kappa shape index (κ2) is 5.41. The Bertz CT molecular complexity index is 656. The summed E-state index contributed by atoms with van der Waals surface area (Å²) in [6, 6.07) is 13.5. The maximum atomic E-state index is 12.5. The number of benzene rings is 2. The quantitative estimate of drug-likeness (QED) is 0.713. The molecule has 0 saturated heterocycles. The number of carbonyl (C=O) groups excluding carboxylic acids is 1. The van der Waals surface area contributed by atoms with Crippen LogP contribution in [-0.4, -0.2) is 5.78 Å². The highest BCUT2D eigenvalue weighted by Gasteiger charge is 2.20. The Morgan fingerprint density at radius 1 is 1.10 bits per heavy atom. The van der Waals surface area contributed by atoms with Crippen LogP contribution in [0.4, 0.5) is 0 Å². The lowest BCUT2D eigenvalue weighted by Crippen LogP contribution is -2.10. The van der Waals surface area contributed by atoms with Crippen molar-refractivity contribution in [3.8, 4) is 0 Å². The lowest BCUT2D eigenvalue weighted by atomic mass is 9.79. The summed E-state index contributed by atoms with van der Waals surface area (Å²) in [4.78, 5) is 12.5. The molecule has 1 fully saturated rings. The molecule has 2 aromatic rings. The summed E-state index contributed by atoms with van der Waals surface area (Å²) in [5.74, 6) is 0.723. The monoisotopic (exact) mass is 284 g/mol. The predicted molar refractivity (Wildman–Crippen MR) is 82.7 cm³/mol. The molecule has 1 aliphatic carbocycles. The van der Waals surface area contributed by atoms with E-state index in [1.54, 1.807) is 12.1 Å². The third-order valence-electron chi connectivity index (χ3n) is 4.15. The number of rotatable bonds is 3. The van der Waals surface area contributed by atoms with E-state index in [1.807, 2.05) is 25.1 Å². The number of hydrogen-bond donors (Lipinski definition) is 0. The van der Waals surface area contributed by atoms with Crippen molar-refractivity contribution < 1.29 is 4.79 Å². The van der Waals surface area contributed by atoms with Gasteiger partial charge in [-0.25, -0.2) is 0 Å². The van der Waals surface area contributed by atoms with Crippen LogP contribution in [0.3, 0.4) is 0 Å². The van der Waals surface area contributed by atoms with Crippen molar-refractivity contribution in [1.29, 1.82) is 0 Å². The zero-order chi connectivity index (χ0) is 14.1. The second-order valence-electron chi connectivity index (χ2n) is 5.55. The molecule has 102 valence electrons. The molecule has 1 saturated carbocycles. The van der Waals surface area contributed by atoms with Gasteiger partial charge in [-0.3, -0.25) is 4.79 Å². The SMILES string of the molecule is Cc1cc(C(=O)c2cccc(C3CCC3)c2)ccc1Cl. The summed E-state index contributed by atoms with van der Waals surface area (Å²) in [7, 11) is 0. The standard InChI is InChI=1S/C18H17ClO/c1-12-10-16(8-9-17(12)19)18(20)15-7-3-6-14(11-15)13-4-2-5-13/h3,6-11,13H,2,4-5H2,1H3. The maximum Gasteiger partial charge on any atom is 0.193 e. The molecule has 0 atom stereocenters. The zero-order valence-electron chi connectivity index (χ0n) is 11.5. The van der Waals surface area contributed by atoms with Gasteiger partial charge >= 0.3 is 0 Å². The summed E-state index contributed by atoms with van der Waals surface area (Å²) in [6.45, 7) is 1.92. The van der Waals surface area contributed by atoms with Gasteiger partial charge in [-0.1, -0.05) is 36.2 Å². The summed E-state index contributed by atoms with van der Waals surface area (Å²) in [6.07, 6.45) is 3.80. The molecular weight excluding hydrogens is 268 g/mol. The molecule has 1 nitrogen and oxygen atoms in total. The van der Waals surface area contributed by atoms with Crippen molar-refractivity contribution in [2.75, 3.05) is 0 Å². The van der Waals surface area contributed by atoms with Crippen molar-refractivity contribution in [1.82, 2.24) is 0 Å². The lowest BCUT2D eigenvalue weighted by molar-refractivity contribution is 0.103. The molecule has 0 N–H and O–H groups in total. The van der Waals surface area contributed by atoms with E-state index in [9.17, 15) is 4.79 Å². The first-order chi connectivity index (χ1) is 9.65. The third-order valence-corrected chi connectivity index (χ3v) is 4.57. The Morgan fingerprint density at radius 2 is 1.85 bits per heavy atom. The number of carbonyl (C=O) groups is 1. The van der Waals surface area contributed by atoms with Gasteiger partial charge in [0.1, 0.15) is 0 Å². The molecule has 0 amide bonds. The fourth-order valence-corrected chi connectivity index (χ4v) is 2.75. The average molecular weight is 285 g/mol. The van der Waals surface area contributed by atoms with Gasteiger partial charge in [-0.05, 0) is 61.1 Å². The number of aryl methyl sites for hydroxylation is 1. The van der Waals surface area contributed by atoms with Gasteiger partial charge in [0.25, 0.3) is 0 Å². The highest BCUT2D eigenvalue weighted by molar-refractivity contribution is 6.31. The smallest absolute Gasteiger partial charge is 0.193 e. The van der Waals surface area contributed by atoms with E-state index in [-0.39, 0.29) is 5.78 Å². The van der Waals surface area contributed by atoms with Crippen LogP contribution in [0.5, 0.6) is 0 Å². The summed E-state index contributed by atoms with van der Waals surface area (Å²) in [5.41, 5.74) is 3.72. The van der Waals surface area contributed by atoms with Gasteiger partial charge < -0.3 is 0 Å². The highest BCUT2D eigenvalue weighted by atomic mass is 35.5. The fourth-order valence-electron chi connectivity index (χ4n) is 2.63. The van der Waals surface area contributed by atoms with Crippen LogP contribution in [0.25, 0.3) is 0 Å². The van der Waals surface area contributed by atoms with Crippen molar-refractivity contribution in [3.63, 3.8) is 0 Å². The normalized spacial score (nSPS) is 14.9. The largest absolute Gasteiger partial charge is 0.289 e. The van der Waals surface area contributed by atoms with Crippen molar-refractivity contribution in [2.45, 2.75) is 32.1 Å². The van der Waals surface area contributed by atoms with Gasteiger partial charge in [0, 0.05) is 16.1 Å². The van der Waals surface area contributed by atoms with E-state index in [1.165, 1.54) is 24.8 Å². The van der Waals surface area contributed by atoms with Crippen LogP contribution >= 0.6 is 11.6 Å². The maximum absolute atomic E-state index is 12.5. The topological polar surface area (TPSA) is 17.1 Å². The van der Waals surface area contributed by atoms with Gasteiger partial charge in [0.15, 0.2) is 5.78 Å². The van der Waals surface area contributed by atoms with E-state index >= 15 is 0 Å². The minimum atomic E-state index is 0.0749. The molecule has 0 heterocycles. The first-order valence-electron chi connectivity index (χ1n) is 7.06. The Hall–Kier alpha value is -1.60. The first kappa shape index (κ1) is 13.4. The molecule has 20 heavy (non-hydrogen) atoms. The average Bonchev–Trinajstić information content (AvgIpc) is 2.39. The van der Waals surface area contributed by atoms with Crippen LogP contribution in [-0.2, 0) is 0 Å². The molecule has 0 unspecified atom stereocenters.